The Morgan fingerprint density at radius 2 is 0.963 bits per heavy atom. The second-order valence-corrected chi connectivity index (χ2v) is 7.91. The van der Waals surface area contributed by atoms with Crippen LogP contribution < -0.4 is 0 Å². The molecule has 0 amide bonds. The van der Waals surface area contributed by atoms with E-state index in [-0.39, 0.29) is 5.25 Å². The monoisotopic (exact) mass is 390 g/mol. The van der Waals surface area contributed by atoms with Crippen molar-refractivity contribution in [3.05, 3.63) is 105 Å². The van der Waals surface area contributed by atoms with Gasteiger partial charge in [-0.3, -0.25) is 0 Å². The Kier molecular flexibility index (Phi) is 3.63. The molecule has 0 saturated carbocycles. The molecule has 6 rings (SSSR count). The Hall–Kier alpha value is -2.34. The van der Waals surface area contributed by atoms with Crippen LogP contribution in [0.2, 0.25) is 0 Å². The first-order chi connectivity index (χ1) is 13.0. The van der Waals surface area contributed by atoms with Crippen LogP contribution in [0.3, 0.4) is 0 Å². The van der Waals surface area contributed by atoms with Crippen LogP contribution in [-0.4, -0.2) is 0 Å². The van der Waals surface area contributed by atoms with Gasteiger partial charge in [0.25, 0.3) is 0 Å². The van der Waals surface area contributed by atoms with Crippen LogP contribution in [0.5, 0.6) is 0 Å². The molecule has 0 nitrogen and oxygen atoms in total. The third-order valence-electron chi connectivity index (χ3n) is 5.34. The number of thioether (sulfide) groups is 1. The fraction of sp³-hybridized carbons (Fsp3) is 0.143. The summed E-state index contributed by atoms with van der Waals surface area (Å²) >= 11 is 1.24. The topological polar surface area (TPSA) is 0 Å². The van der Waals surface area contributed by atoms with E-state index in [4.69, 9.17) is 0 Å². The molecule has 27 heavy (non-hydrogen) atoms. The zero-order valence-corrected chi connectivity index (χ0v) is 14.5. The van der Waals surface area contributed by atoms with Gasteiger partial charge in [-0.25, -0.2) is 22.0 Å². The van der Waals surface area contributed by atoms with Gasteiger partial charge < -0.3 is 0 Å². The fourth-order valence-corrected chi connectivity index (χ4v) is 6.01. The van der Waals surface area contributed by atoms with E-state index in [9.17, 15) is 22.0 Å². The van der Waals surface area contributed by atoms with Gasteiger partial charge in [-0.1, -0.05) is 48.5 Å². The Bertz CT molecular complexity index is 1020. The molecule has 0 spiro atoms. The van der Waals surface area contributed by atoms with Gasteiger partial charge in [0, 0.05) is 16.7 Å². The van der Waals surface area contributed by atoms with Crippen LogP contribution in [0.4, 0.5) is 22.0 Å². The molecule has 0 radical (unpaired) electrons. The van der Waals surface area contributed by atoms with Gasteiger partial charge in [0.15, 0.2) is 23.3 Å². The summed E-state index contributed by atoms with van der Waals surface area (Å²) in [6.07, 6.45) is 0. The molecule has 1 atom stereocenters. The van der Waals surface area contributed by atoms with E-state index >= 15 is 0 Å². The smallest absolute Gasteiger partial charge is 0.200 e. The molecule has 2 heterocycles. The first kappa shape index (κ1) is 16.8. The average Bonchev–Trinajstić information content (AvgIpc) is 2.71. The van der Waals surface area contributed by atoms with E-state index in [0.29, 0.717) is 0 Å². The normalized spacial score (nSPS) is 22.5. The van der Waals surface area contributed by atoms with E-state index in [1.165, 1.54) is 11.8 Å². The second kappa shape index (κ2) is 5.83. The lowest BCUT2D eigenvalue weighted by atomic mass is 9.74. The molecule has 3 aromatic rings. The average molecular weight is 390 g/mol. The summed E-state index contributed by atoms with van der Waals surface area (Å²) in [6.45, 7) is 0. The summed E-state index contributed by atoms with van der Waals surface area (Å²) in [5, 5.41) is -1.12. The summed E-state index contributed by atoms with van der Waals surface area (Å²) in [5.41, 5.74) is 3.04. The molecule has 0 N–H and O–H groups in total. The van der Waals surface area contributed by atoms with Crippen molar-refractivity contribution in [2.24, 2.45) is 0 Å². The van der Waals surface area contributed by atoms with Crippen molar-refractivity contribution in [2.75, 3.05) is 0 Å². The van der Waals surface area contributed by atoms with Gasteiger partial charge in [-0.15, -0.1) is 11.8 Å². The predicted molar refractivity (Wildman–Crippen MR) is 93.1 cm³/mol. The molecule has 0 fully saturated rings. The zero-order valence-electron chi connectivity index (χ0n) is 13.6. The highest BCUT2D eigenvalue weighted by atomic mass is 32.2. The van der Waals surface area contributed by atoms with E-state index in [1.54, 1.807) is 0 Å². The molecule has 6 heteroatoms. The first-order valence-electron chi connectivity index (χ1n) is 8.35. The van der Waals surface area contributed by atoms with Crippen molar-refractivity contribution in [3.63, 3.8) is 0 Å². The minimum absolute atomic E-state index is 0.220. The van der Waals surface area contributed by atoms with Crippen molar-refractivity contribution in [1.82, 2.24) is 0 Å². The Morgan fingerprint density at radius 3 is 1.44 bits per heavy atom. The van der Waals surface area contributed by atoms with Gasteiger partial charge in [-0.05, 0) is 22.3 Å². The quantitative estimate of drug-likeness (QED) is 0.263. The van der Waals surface area contributed by atoms with Crippen molar-refractivity contribution < 1.29 is 22.0 Å². The van der Waals surface area contributed by atoms with E-state index in [0.717, 1.165) is 22.3 Å². The molecule has 3 aliphatic rings. The van der Waals surface area contributed by atoms with Crippen molar-refractivity contribution in [3.8, 4) is 0 Å². The van der Waals surface area contributed by atoms with Crippen molar-refractivity contribution in [2.45, 2.75) is 16.4 Å². The highest BCUT2D eigenvalue weighted by molar-refractivity contribution is 8.00. The third kappa shape index (κ3) is 2.16. The molecule has 0 aromatic heterocycles. The van der Waals surface area contributed by atoms with Gasteiger partial charge >= 0.3 is 0 Å². The predicted octanol–water partition coefficient (Wildman–Crippen LogP) is 6.40. The molecule has 1 unspecified atom stereocenters. The molecule has 2 aliphatic heterocycles. The SMILES string of the molecule is Fc1c(F)c(F)c(C2SC3c4ccccc4C2c2ccccc23)c(F)c1F. The second-order valence-electron chi connectivity index (χ2n) is 6.66. The minimum Gasteiger partial charge on any atom is -0.203 e. The van der Waals surface area contributed by atoms with Gasteiger partial charge in [-0.2, -0.15) is 0 Å². The number of halogens is 5. The van der Waals surface area contributed by atoms with Gasteiger partial charge in [0.05, 0.1) is 5.25 Å². The Balaban J connectivity index is 1.79. The number of fused-ring (bicyclic) bond motifs is 1. The van der Waals surface area contributed by atoms with Crippen LogP contribution in [0.25, 0.3) is 0 Å². The molecule has 3 aromatic carbocycles. The maximum Gasteiger partial charge on any atom is 0.200 e. The largest absolute Gasteiger partial charge is 0.203 e. The van der Waals surface area contributed by atoms with Crippen LogP contribution >= 0.6 is 11.8 Å². The van der Waals surface area contributed by atoms with Crippen LogP contribution in [0.15, 0.2) is 48.5 Å². The Morgan fingerprint density at radius 1 is 0.556 bits per heavy atom. The van der Waals surface area contributed by atoms with E-state index in [1.807, 2.05) is 48.5 Å². The summed E-state index contributed by atoms with van der Waals surface area (Å²) < 4.78 is 70.2. The molecular formula is C21H11F5S. The lowest BCUT2D eigenvalue weighted by molar-refractivity contribution is 0.367. The van der Waals surface area contributed by atoms with Crippen LogP contribution in [-0.2, 0) is 0 Å². The van der Waals surface area contributed by atoms with Crippen molar-refractivity contribution in [1.29, 1.82) is 0 Å². The number of hydrogen-bond donors (Lipinski definition) is 0. The van der Waals surface area contributed by atoms with E-state index < -0.39 is 45.8 Å². The minimum atomic E-state index is -2.12. The zero-order chi connectivity index (χ0) is 18.9. The maximum atomic E-state index is 14.5. The standard InChI is InChI=1S/C21H11F5S/c22-15-14(16(23)18(25)19(26)17(15)24)21-13-9-5-1-3-7-11(9)20(27-21)12-8-4-2-6-10(12)13/h1-8,13,20-21H. The molecule has 1 aliphatic carbocycles. The maximum absolute atomic E-state index is 14.5. The van der Waals surface area contributed by atoms with Crippen molar-refractivity contribution >= 4 is 11.8 Å². The molecule has 136 valence electrons. The number of hydrogen-bond acceptors (Lipinski definition) is 1. The van der Waals surface area contributed by atoms with Crippen LogP contribution in [0, 0.1) is 29.1 Å². The lowest BCUT2D eigenvalue weighted by Gasteiger charge is -2.45. The number of rotatable bonds is 1. The highest BCUT2D eigenvalue weighted by Crippen LogP contribution is 2.64. The first-order valence-corrected chi connectivity index (χ1v) is 9.29. The highest BCUT2D eigenvalue weighted by Gasteiger charge is 2.47. The molecule has 0 saturated heterocycles. The number of benzene rings is 3. The van der Waals surface area contributed by atoms with Gasteiger partial charge in [0.1, 0.15) is 0 Å². The Labute approximate surface area is 156 Å². The summed E-state index contributed by atoms with van der Waals surface area (Å²) in [5.74, 6) is -9.89. The van der Waals surface area contributed by atoms with Gasteiger partial charge in [0.2, 0.25) is 5.82 Å². The van der Waals surface area contributed by atoms with E-state index in [2.05, 4.69) is 0 Å². The molecule has 2 bridgehead atoms. The third-order valence-corrected chi connectivity index (χ3v) is 6.92. The lowest BCUT2D eigenvalue weighted by Crippen LogP contribution is -2.28. The fourth-order valence-electron chi connectivity index (χ4n) is 4.21. The summed E-state index contributed by atoms with van der Waals surface area (Å²) in [4.78, 5) is 0. The summed E-state index contributed by atoms with van der Waals surface area (Å²) in [6, 6.07) is 15.0. The molecular weight excluding hydrogens is 379 g/mol. The van der Waals surface area contributed by atoms with Crippen LogP contribution in [0.1, 0.15) is 44.2 Å². The summed E-state index contributed by atoms with van der Waals surface area (Å²) in [7, 11) is 0.